The van der Waals surface area contributed by atoms with Crippen LogP contribution in [0.2, 0.25) is 0 Å². The van der Waals surface area contributed by atoms with Gasteiger partial charge >= 0.3 is 0 Å². The molecule has 0 nitrogen and oxygen atoms in total. The van der Waals surface area contributed by atoms with E-state index in [1.807, 2.05) is 0 Å². The Balaban J connectivity index is 1.55. The minimum atomic E-state index is 1.31. The third-order valence-electron chi connectivity index (χ3n) is 5.25. The normalized spacial score (nSPS) is 17.4. The van der Waals surface area contributed by atoms with Crippen LogP contribution in [0.15, 0.2) is 12.1 Å². The molecule has 2 aliphatic carbocycles. The molecule has 1 aromatic rings. The van der Waals surface area contributed by atoms with E-state index in [1.54, 1.807) is 28.2 Å². The van der Waals surface area contributed by atoms with E-state index in [2.05, 4.69) is 19.1 Å². The van der Waals surface area contributed by atoms with E-state index in [0.29, 0.717) is 0 Å². The first-order valence-electron chi connectivity index (χ1n) is 8.89. The number of rotatable bonds is 7. The molecule has 0 amide bonds. The molecule has 0 atom stereocenters. The summed E-state index contributed by atoms with van der Waals surface area (Å²) in [5.74, 6) is 1.80. The lowest BCUT2D eigenvalue weighted by Crippen LogP contribution is -2.00. The molecular formula is C20H29. The lowest BCUT2D eigenvalue weighted by molar-refractivity contribution is 0.592. The van der Waals surface area contributed by atoms with E-state index < -0.39 is 0 Å². The van der Waals surface area contributed by atoms with Gasteiger partial charge in [-0.3, -0.25) is 0 Å². The van der Waals surface area contributed by atoms with Crippen LogP contribution in [-0.4, -0.2) is 0 Å². The number of unbranched alkanes of at least 4 members (excludes halogenated alkanes) is 5. The van der Waals surface area contributed by atoms with Crippen LogP contribution in [0.5, 0.6) is 0 Å². The fourth-order valence-electron chi connectivity index (χ4n) is 4.14. The van der Waals surface area contributed by atoms with E-state index in [0.717, 1.165) is 0 Å². The highest BCUT2D eigenvalue weighted by Crippen LogP contribution is 2.41. The highest BCUT2D eigenvalue weighted by molar-refractivity contribution is 5.53. The number of fused-ring (bicyclic) bond motifs is 3. The zero-order valence-electron chi connectivity index (χ0n) is 13.1. The first-order chi connectivity index (χ1) is 9.90. The van der Waals surface area contributed by atoms with Crippen molar-refractivity contribution in [1.29, 1.82) is 0 Å². The van der Waals surface area contributed by atoms with Gasteiger partial charge in [-0.15, -0.1) is 0 Å². The van der Waals surface area contributed by atoms with Gasteiger partial charge in [0.2, 0.25) is 0 Å². The van der Waals surface area contributed by atoms with E-state index >= 15 is 0 Å². The standard InChI is InChI=1S/C20H29/c1-2-3-4-5-6-7-9-17-14-15-18-13-12-16-10-8-11-19(16)20(17)18/h12-13H,2-11,14-15H2,1H3. The highest BCUT2D eigenvalue weighted by atomic mass is 14.3. The summed E-state index contributed by atoms with van der Waals surface area (Å²) in [5, 5.41) is 0. The summed E-state index contributed by atoms with van der Waals surface area (Å²) < 4.78 is 0. The van der Waals surface area contributed by atoms with Gasteiger partial charge in [0.15, 0.2) is 0 Å². The molecule has 0 spiro atoms. The molecule has 3 rings (SSSR count). The molecule has 109 valence electrons. The second-order valence-electron chi connectivity index (χ2n) is 6.71. The summed E-state index contributed by atoms with van der Waals surface area (Å²) in [7, 11) is 0. The molecule has 0 heteroatoms. The average Bonchev–Trinajstić information content (AvgIpc) is 3.08. The van der Waals surface area contributed by atoms with Crippen LogP contribution in [0.3, 0.4) is 0 Å². The maximum atomic E-state index is 2.42. The Morgan fingerprint density at radius 3 is 2.50 bits per heavy atom. The number of aryl methyl sites for hydroxylation is 2. The van der Waals surface area contributed by atoms with Crippen molar-refractivity contribution < 1.29 is 0 Å². The summed E-state index contributed by atoms with van der Waals surface area (Å²) in [6.07, 6.45) is 16.6. The van der Waals surface area contributed by atoms with Gasteiger partial charge in [0.05, 0.1) is 0 Å². The molecule has 0 bridgehead atoms. The average molecular weight is 269 g/mol. The predicted octanol–water partition coefficient (Wildman–Crippen LogP) is 5.79. The third kappa shape index (κ3) is 2.95. The van der Waals surface area contributed by atoms with Gasteiger partial charge in [-0.2, -0.15) is 0 Å². The van der Waals surface area contributed by atoms with Crippen molar-refractivity contribution in [2.75, 3.05) is 0 Å². The Morgan fingerprint density at radius 1 is 0.800 bits per heavy atom. The summed E-state index contributed by atoms with van der Waals surface area (Å²) in [4.78, 5) is 0. The molecule has 0 saturated carbocycles. The van der Waals surface area contributed by atoms with Crippen LogP contribution < -0.4 is 0 Å². The first-order valence-corrected chi connectivity index (χ1v) is 8.89. The van der Waals surface area contributed by atoms with Gasteiger partial charge in [0.25, 0.3) is 0 Å². The van der Waals surface area contributed by atoms with Crippen molar-refractivity contribution in [3.05, 3.63) is 40.3 Å². The van der Waals surface area contributed by atoms with Crippen LogP contribution in [-0.2, 0) is 19.3 Å². The Morgan fingerprint density at radius 2 is 1.60 bits per heavy atom. The number of hydrogen-bond donors (Lipinski definition) is 0. The van der Waals surface area contributed by atoms with E-state index in [9.17, 15) is 0 Å². The Kier molecular flexibility index (Phi) is 4.81. The van der Waals surface area contributed by atoms with Gasteiger partial charge in [-0.1, -0.05) is 57.6 Å². The summed E-state index contributed by atoms with van der Waals surface area (Å²) >= 11 is 0. The highest BCUT2D eigenvalue weighted by Gasteiger charge is 2.28. The molecule has 1 aromatic carbocycles. The van der Waals surface area contributed by atoms with Crippen molar-refractivity contribution >= 4 is 0 Å². The smallest absolute Gasteiger partial charge is 0.00588 e. The Hall–Kier alpha value is -0.780. The zero-order valence-corrected chi connectivity index (χ0v) is 13.1. The maximum absolute atomic E-state index is 2.42. The molecule has 0 aliphatic heterocycles. The van der Waals surface area contributed by atoms with Crippen molar-refractivity contribution in [1.82, 2.24) is 0 Å². The maximum Gasteiger partial charge on any atom is 0.00588 e. The van der Waals surface area contributed by atoms with Crippen LogP contribution in [0, 0.1) is 5.92 Å². The molecule has 0 N–H and O–H groups in total. The van der Waals surface area contributed by atoms with Crippen molar-refractivity contribution in [3.8, 4) is 0 Å². The minimum Gasteiger partial charge on any atom is -0.0654 e. The molecule has 0 unspecified atom stereocenters. The van der Waals surface area contributed by atoms with Gasteiger partial charge in [-0.25, -0.2) is 0 Å². The topological polar surface area (TPSA) is 0 Å². The molecular weight excluding hydrogens is 240 g/mol. The predicted molar refractivity (Wildman–Crippen MR) is 87.1 cm³/mol. The van der Waals surface area contributed by atoms with Crippen LogP contribution >= 0.6 is 0 Å². The van der Waals surface area contributed by atoms with E-state index in [1.165, 1.54) is 77.0 Å². The van der Waals surface area contributed by atoms with Crippen LogP contribution in [0.4, 0.5) is 0 Å². The third-order valence-corrected chi connectivity index (χ3v) is 5.25. The van der Waals surface area contributed by atoms with Crippen LogP contribution in [0.1, 0.15) is 87.0 Å². The summed E-state index contributed by atoms with van der Waals surface area (Å²) in [6, 6.07) is 4.84. The molecule has 2 aliphatic rings. The minimum absolute atomic E-state index is 1.31. The summed E-state index contributed by atoms with van der Waals surface area (Å²) in [6.45, 7) is 2.30. The van der Waals surface area contributed by atoms with Crippen molar-refractivity contribution in [3.63, 3.8) is 0 Å². The Labute approximate surface area is 125 Å². The van der Waals surface area contributed by atoms with E-state index in [4.69, 9.17) is 0 Å². The van der Waals surface area contributed by atoms with Gasteiger partial charge in [-0.05, 0) is 60.8 Å². The number of benzene rings is 1. The first kappa shape index (κ1) is 14.2. The van der Waals surface area contributed by atoms with Gasteiger partial charge < -0.3 is 0 Å². The largest absolute Gasteiger partial charge is 0.0654 e. The van der Waals surface area contributed by atoms with E-state index in [-0.39, 0.29) is 0 Å². The van der Waals surface area contributed by atoms with Gasteiger partial charge in [0, 0.05) is 5.92 Å². The zero-order chi connectivity index (χ0) is 13.8. The van der Waals surface area contributed by atoms with Crippen molar-refractivity contribution in [2.45, 2.75) is 84.0 Å². The quantitative estimate of drug-likeness (QED) is 0.549. The fourth-order valence-corrected chi connectivity index (χ4v) is 4.14. The van der Waals surface area contributed by atoms with Crippen LogP contribution in [0.25, 0.3) is 0 Å². The molecule has 1 radical (unpaired) electrons. The molecule has 20 heavy (non-hydrogen) atoms. The molecule has 0 aromatic heterocycles. The Bertz CT molecular complexity index is 444. The monoisotopic (exact) mass is 269 g/mol. The SMILES string of the molecule is CCCCCCCC[C]1CCc2ccc3c(c21)CCC3. The van der Waals surface area contributed by atoms with Crippen molar-refractivity contribution in [2.24, 2.45) is 0 Å². The fraction of sp³-hybridized carbons (Fsp3) is 0.650. The lowest BCUT2D eigenvalue weighted by Gasteiger charge is -2.15. The molecule has 0 saturated heterocycles. The van der Waals surface area contributed by atoms with Gasteiger partial charge in [0.1, 0.15) is 0 Å². The molecule has 0 heterocycles. The lowest BCUT2D eigenvalue weighted by atomic mass is 9.89. The molecule has 0 fully saturated rings. The summed E-state index contributed by atoms with van der Waals surface area (Å²) in [5.41, 5.74) is 6.78. The number of hydrogen-bond acceptors (Lipinski definition) is 0. The second-order valence-corrected chi connectivity index (χ2v) is 6.71. The second kappa shape index (κ2) is 6.78.